The van der Waals surface area contributed by atoms with Gasteiger partial charge >= 0.3 is 0 Å². The van der Waals surface area contributed by atoms with Gasteiger partial charge in [0, 0.05) is 60.3 Å². The fourth-order valence-electron chi connectivity index (χ4n) is 9.40. The SMILES string of the molecule is O=C1CC[C@@H](Nc2ccc(C3CCN(C4CCC(NC(=O)C5CCC(NC6=NC(c7cccc(-n8ccccc8=O)c7)C(F)=CN6)CC5)CC4)CC3)c(F)c2)C(=O)N1. The van der Waals surface area contributed by atoms with Crippen LogP contribution in [0.25, 0.3) is 5.69 Å². The second-order valence-electron chi connectivity index (χ2n) is 16.5. The average molecular weight is 795 g/mol. The zero-order valence-corrected chi connectivity index (χ0v) is 32.6. The molecule has 2 aromatic carbocycles. The summed E-state index contributed by atoms with van der Waals surface area (Å²) >= 11 is 0. The van der Waals surface area contributed by atoms with Gasteiger partial charge in [-0.05, 0) is 131 Å². The molecule has 2 saturated carbocycles. The zero-order valence-electron chi connectivity index (χ0n) is 32.6. The maximum Gasteiger partial charge on any atom is 0.255 e. The van der Waals surface area contributed by atoms with Gasteiger partial charge in [-0.3, -0.25) is 29.1 Å². The number of anilines is 1. The van der Waals surface area contributed by atoms with E-state index in [0.29, 0.717) is 40.9 Å². The number of likely N-dealkylation sites (tertiary alicyclic amines) is 1. The van der Waals surface area contributed by atoms with E-state index in [4.69, 9.17) is 0 Å². The summed E-state index contributed by atoms with van der Waals surface area (Å²) in [5.41, 5.74) is 2.37. The third kappa shape index (κ3) is 9.17. The Labute approximate surface area is 336 Å². The number of guanidine groups is 1. The highest BCUT2D eigenvalue weighted by molar-refractivity contribution is 6.01. The van der Waals surface area contributed by atoms with E-state index in [9.17, 15) is 19.2 Å². The molecule has 14 heteroatoms. The monoisotopic (exact) mass is 794 g/mol. The predicted octanol–water partition coefficient (Wildman–Crippen LogP) is 5.46. The van der Waals surface area contributed by atoms with Crippen LogP contribution in [0.2, 0.25) is 0 Å². The summed E-state index contributed by atoms with van der Waals surface area (Å²) in [6.45, 7) is 1.83. The van der Waals surface area contributed by atoms with Gasteiger partial charge in [-0.15, -0.1) is 0 Å². The van der Waals surface area contributed by atoms with Gasteiger partial charge in [0.25, 0.3) is 5.56 Å². The Bertz CT molecular complexity index is 2120. The Morgan fingerprint density at radius 3 is 2.31 bits per heavy atom. The Kier molecular flexibility index (Phi) is 12.0. The molecule has 0 spiro atoms. The lowest BCUT2D eigenvalue weighted by Crippen LogP contribution is -2.48. The molecule has 2 saturated heterocycles. The quantitative estimate of drug-likeness (QED) is 0.180. The highest BCUT2D eigenvalue weighted by Gasteiger charge is 2.34. The molecular formula is C44H52F2N8O4. The molecule has 4 fully saturated rings. The molecule has 3 amide bonds. The minimum absolute atomic E-state index is 0.0343. The number of piperidine rings is 2. The van der Waals surface area contributed by atoms with Crippen molar-refractivity contribution in [2.24, 2.45) is 10.9 Å². The third-order valence-corrected chi connectivity index (χ3v) is 12.7. The highest BCUT2D eigenvalue weighted by atomic mass is 19.1. The lowest BCUT2D eigenvalue weighted by Gasteiger charge is -2.41. The van der Waals surface area contributed by atoms with Crippen LogP contribution in [-0.2, 0) is 14.4 Å². The zero-order chi connectivity index (χ0) is 40.2. The van der Waals surface area contributed by atoms with Crippen molar-refractivity contribution < 1.29 is 23.2 Å². The number of rotatable bonds is 9. The molecule has 2 aliphatic carbocycles. The van der Waals surface area contributed by atoms with E-state index in [1.807, 2.05) is 18.2 Å². The number of aliphatic imine (C=N–C) groups is 1. The predicted molar refractivity (Wildman–Crippen MR) is 217 cm³/mol. The van der Waals surface area contributed by atoms with Gasteiger partial charge in [0.1, 0.15) is 23.7 Å². The number of imide groups is 1. The maximum absolute atomic E-state index is 15.3. The Hall–Kier alpha value is -5.37. The van der Waals surface area contributed by atoms with Crippen LogP contribution < -0.4 is 32.1 Å². The van der Waals surface area contributed by atoms with Crippen molar-refractivity contribution in [2.75, 3.05) is 18.4 Å². The first-order chi connectivity index (χ1) is 28.2. The number of amides is 3. The summed E-state index contributed by atoms with van der Waals surface area (Å²) in [5.74, 6) is -0.601. The molecule has 8 rings (SSSR count). The van der Waals surface area contributed by atoms with E-state index in [2.05, 4.69) is 36.5 Å². The minimum Gasteiger partial charge on any atom is -0.374 e. The van der Waals surface area contributed by atoms with Crippen molar-refractivity contribution in [2.45, 2.75) is 113 Å². The summed E-state index contributed by atoms with van der Waals surface area (Å²) in [7, 11) is 0. The normalized spacial score (nSPS) is 27.1. The number of pyridine rings is 1. The molecule has 1 unspecified atom stereocenters. The highest BCUT2D eigenvalue weighted by Crippen LogP contribution is 2.35. The van der Waals surface area contributed by atoms with E-state index in [1.165, 1.54) is 22.9 Å². The molecule has 3 aromatic rings. The topological polar surface area (TPSA) is 149 Å². The third-order valence-electron chi connectivity index (χ3n) is 12.7. The number of hydrogen-bond acceptors (Lipinski definition) is 9. The van der Waals surface area contributed by atoms with Crippen LogP contribution in [-0.4, -0.2) is 70.4 Å². The van der Waals surface area contributed by atoms with Gasteiger partial charge in [0.15, 0.2) is 5.96 Å². The number of hydrogen-bond donors (Lipinski definition) is 5. The molecule has 3 aliphatic heterocycles. The Morgan fingerprint density at radius 1 is 0.793 bits per heavy atom. The lowest BCUT2D eigenvalue weighted by atomic mass is 9.83. The van der Waals surface area contributed by atoms with Gasteiger partial charge in [-0.1, -0.05) is 24.3 Å². The molecule has 5 aliphatic rings. The summed E-state index contributed by atoms with van der Waals surface area (Å²) < 4.78 is 31.8. The smallest absolute Gasteiger partial charge is 0.255 e. The summed E-state index contributed by atoms with van der Waals surface area (Å²) in [5, 5.41) is 15.1. The molecule has 0 bridgehead atoms. The fraction of sp³-hybridized carbons (Fsp3) is 0.477. The summed E-state index contributed by atoms with van der Waals surface area (Å²) in [4.78, 5) is 56.5. The maximum atomic E-state index is 15.3. The molecular weight excluding hydrogens is 743 g/mol. The van der Waals surface area contributed by atoms with Gasteiger partial charge < -0.3 is 26.2 Å². The number of nitrogens with zero attached hydrogens (tertiary/aromatic N) is 3. The van der Waals surface area contributed by atoms with E-state index in [0.717, 1.165) is 77.3 Å². The van der Waals surface area contributed by atoms with Crippen molar-refractivity contribution in [3.05, 3.63) is 106 Å². The van der Waals surface area contributed by atoms with Crippen LogP contribution in [0.1, 0.15) is 100 Å². The van der Waals surface area contributed by atoms with Crippen LogP contribution in [0.15, 0.2) is 88.7 Å². The number of halogens is 2. The molecule has 0 radical (unpaired) electrons. The number of carbonyl (C=O) groups excluding carboxylic acids is 3. The van der Waals surface area contributed by atoms with Crippen LogP contribution in [0.4, 0.5) is 14.5 Å². The Balaban J connectivity index is 0.752. The van der Waals surface area contributed by atoms with E-state index in [1.54, 1.807) is 36.5 Å². The fourth-order valence-corrected chi connectivity index (χ4v) is 9.40. The second-order valence-corrected chi connectivity index (χ2v) is 16.5. The first-order valence-corrected chi connectivity index (χ1v) is 20.9. The molecule has 12 nitrogen and oxygen atoms in total. The Morgan fingerprint density at radius 2 is 1.57 bits per heavy atom. The average Bonchev–Trinajstić information content (AvgIpc) is 3.23. The first kappa shape index (κ1) is 39.5. The van der Waals surface area contributed by atoms with Crippen LogP contribution in [0.3, 0.4) is 0 Å². The minimum atomic E-state index is -0.834. The van der Waals surface area contributed by atoms with E-state index >= 15 is 8.78 Å². The van der Waals surface area contributed by atoms with Crippen molar-refractivity contribution in [3.8, 4) is 5.69 Å². The van der Waals surface area contributed by atoms with Gasteiger partial charge in [0.05, 0.1) is 0 Å². The number of benzene rings is 2. The number of nitrogens with one attached hydrogen (secondary N) is 5. The van der Waals surface area contributed by atoms with Crippen LogP contribution in [0, 0.1) is 11.7 Å². The van der Waals surface area contributed by atoms with Gasteiger partial charge in [-0.2, -0.15) is 0 Å². The lowest BCUT2D eigenvalue weighted by molar-refractivity contribution is -0.133. The van der Waals surface area contributed by atoms with Crippen molar-refractivity contribution in [3.63, 3.8) is 0 Å². The summed E-state index contributed by atoms with van der Waals surface area (Å²) in [6.07, 6.45) is 12.5. The van der Waals surface area contributed by atoms with Crippen molar-refractivity contribution in [1.82, 2.24) is 30.7 Å². The molecule has 58 heavy (non-hydrogen) atoms. The molecule has 2 atom stereocenters. The largest absolute Gasteiger partial charge is 0.374 e. The van der Waals surface area contributed by atoms with E-state index < -0.39 is 17.9 Å². The van der Waals surface area contributed by atoms with Crippen molar-refractivity contribution >= 4 is 29.4 Å². The van der Waals surface area contributed by atoms with Gasteiger partial charge in [-0.25, -0.2) is 13.8 Å². The van der Waals surface area contributed by atoms with Gasteiger partial charge in [0.2, 0.25) is 17.7 Å². The standard InChI is InChI=1S/C44H52F2N8O4/c45-36-25-32(48-38-17-18-39(55)51-43(38)58)13-16-35(36)27-19-22-53(23-20-27)33-14-11-30(12-15-33)49-42(57)28-7-9-31(10-8-28)50-44-47-26-37(46)41(52-44)29-4-3-5-34(24-29)54-21-2-1-6-40(54)56/h1-6,13,16,21,24-28,30-31,33,38,41,48H,7-12,14-15,17-20,22-23H2,(H,49,57)(H2,47,50,52)(H,51,55,58)/t28?,30?,31?,33?,38-,41?/m1/s1. The van der Waals surface area contributed by atoms with E-state index in [-0.39, 0.29) is 59.4 Å². The number of aromatic nitrogens is 1. The van der Waals surface area contributed by atoms with Crippen LogP contribution >= 0.6 is 0 Å². The molecule has 4 heterocycles. The van der Waals surface area contributed by atoms with Crippen LogP contribution in [0.5, 0.6) is 0 Å². The second kappa shape index (κ2) is 17.6. The molecule has 5 N–H and O–H groups in total. The summed E-state index contributed by atoms with van der Waals surface area (Å²) in [6, 6.07) is 16.6. The number of carbonyl (C=O) groups is 3. The van der Waals surface area contributed by atoms with Crippen molar-refractivity contribution in [1.29, 1.82) is 0 Å². The first-order valence-electron chi connectivity index (χ1n) is 20.9. The molecule has 306 valence electrons. The molecule has 1 aromatic heterocycles.